The first-order chi connectivity index (χ1) is 7.28. The van der Waals surface area contributed by atoms with Gasteiger partial charge in [0.1, 0.15) is 0 Å². The smallest absolute Gasteiger partial charge is 0.173 e. The van der Waals surface area contributed by atoms with E-state index in [2.05, 4.69) is 18.2 Å². The Balaban J connectivity index is 2.11. The quantitative estimate of drug-likeness (QED) is 0.805. The molecular formula is C12H13NOS. The average molecular weight is 219 g/mol. The lowest BCUT2D eigenvalue weighted by molar-refractivity contribution is 0.427. The highest BCUT2D eigenvalue weighted by Gasteiger charge is 2.01. The minimum atomic E-state index is 0.808. The predicted molar refractivity (Wildman–Crippen MR) is 64.5 cm³/mol. The van der Waals surface area contributed by atoms with Crippen molar-refractivity contribution in [2.75, 3.05) is 12.8 Å². The number of nitrogens with two attached hydrogens (primary N) is 1. The Morgan fingerprint density at radius 2 is 1.87 bits per heavy atom. The molecule has 3 heteroatoms. The van der Waals surface area contributed by atoms with E-state index in [0.717, 1.165) is 17.2 Å². The van der Waals surface area contributed by atoms with Crippen LogP contribution in [0.5, 0.6) is 5.06 Å². The van der Waals surface area contributed by atoms with Gasteiger partial charge in [-0.3, -0.25) is 0 Å². The zero-order valence-corrected chi connectivity index (χ0v) is 9.38. The van der Waals surface area contributed by atoms with Crippen LogP contribution in [0.2, 0.25) is 0 Å². The summed E-state index contributed by atoms with van der Waals surface area (Å²) in [5.74, 6) is 0. The summed E-state index contributed by atoms with van der Waals surface area (Å²) in [7, 11) is 1.69. The summed E-state index contributed by atoms with van der Waals surface area (Å²) in [4.78, 5) is 1.30. The molecule has 0 atom stereocenters. The maximum atomic E-state index is 5.63. The van der Waals surface area contributed by atoms with Crippen LogP contribution in [0.4, 0.5) is 5.69 Å². The summed E-state index contributed by atoms with van der Waals surface area (Å²) >= 11 is 1.68. The van der Waals surface area contributed by atoms with Crippen molar-refractivity contribution in [1.29, 1.82) is 0 Å². The van der Waals surface area contributed by atoms with E-state index in [1.165, 1.54) is 10.4 Å². The highest BCUT2D eigenvalue weighted by molar-refractivity contribution is 7.13. The maximum Gasteiger partial charge on any atom is 0.173 e. The third-order valence-electron chi connectivity index (χ3n) is 2.20. The first-order valence-corrected chi connectivity index (χ1v) is 5.56. The molecule has 1 aromatic carbocycles. The number of hydrogen-bond donors (Lipinski definition) is 1. The first-order valence-electron chi connectivity index (χ1n) is 4.75. The van der Waals surface area contributed by atoms with Crippen LogP contribution in [-0.2, 0) is 6.42 Å². The third kappa shape index (κ3) is 2.50. The lowest BCUT2D eigenvalue weighted by atomic mass is 10.1. The van der Waals surface area contributed by atoms with Crippen molar-refractivity contribution in [2.24, 2.45) is 0 Å². The standard InChI is InChI=1S/C12H13NOS/c1-14-12-7-6-11(15-12)8-9-2-4-10(13)5-3-9/h2-7H,8,13H2,1H3. The molecule has 0 bridgehead atoms. The monoisotopic (exact) mass is 219 g/mol. The average Bonchev–Trinajstić information content (AvgIpc) is 2.69. The number of hydrogen-bond acceptors (Lipinski definition) is 3. The van der Waals surface area contributed by atoms with Crippen molar-refractivity contribution in [3.05, 3.63) is 46.8 Å². The van der Waals surface area contributed by atoms with Crippen molar-refractivity contribution in [3.8, 4) is 5.06 Å². The largest absolute Gasteiger partial charge is 0.487 e. The molecule has 0 aliphatic rings. The normalized spacial score (nSPS) is 10.2. The second kappa shape index (κ2) is 4.36. The second-order valence-corrected chi connectivity index (χ2v) is 4.47. The van der Waals surface area contributed by atoms with Gasteiger partial charge in [0.05, 0.1) is 7.11 Å². The summed E-state index contributed by atoms with van der Waals surface area (Å²) in [6.07, 6.45) is 0.939. The van der Waals surface area contributed by atoms with Gasteiger partial charge in [-0.15, -0.1) is 11.3 Å². The van der Waals surface area contributed by atoms with Crippen molar-refractivity contribution < 1.29 is 4.74 Å². The summed E-state index contributed by atoms with van der Waals surface area (Å²) in [6, 6.07) is 12.1. The highest BCUT2D eigenvalue weighted by atomic mass is 32.1. The Morgan fingerprint density at radius 1 is 1.13 bits per heavy atom. The van der Waals surface area contributed by atoms with Crippen LogP contribution in [0.25, 0.3) is 0 Å². The van der Waals surface area contributed by atoms with Gasteiger partial charge in [0, 0.05) is 17.0 Å². The Labute approximate surface area is 93.3 Å². The number of nitrogen functional groups attached to an aromatic ring is 1. The molecule has 2 rings (SSSR count). The van der Waals surface area contributed by atoms with E-state index < -0.39 is 0 Å². The Morgan fingerprint density at radius 3 is 2.47 bits per heavy atom. The summed E-state index contributed by atoms with van der Waals surface area (Å²) in [6.45, 7) is 0. The molecule has 2 N–H and O–H groups in total. The fourth-order valence-electron chi connectivity index (χ4n) is 1.40. The number of rotatable bonds is 3. The summed E-state index contributed by atoms with van der Waals surface area (Å²) in [5.41, 5.74) is 7.71. The molecule has 0 fully saturated rings. The lowest BCUT2D eigenvalue weighted by Crippen LogP contribution is -1.87. The second-order valence-electron chi connectivity index (χ2n) is 3.34. The van der Waals surface area contributed by atoms with Gasteiger partial charge in [-0.25, -0.2) is 0 Å². The number of benzene rings is 1. The van der Waals surface area contributed by atoms with Gasteiger partial charge in [0.25, 0.3) is 0 Å². The molecule has 0 aliphatic carbocycles. The molecule has 0 aliphatic heterocycles. The summed E-state index contributed by atoms with van der Waals surface area (Å²) < 4.78 is 5.15. The van der Waals surface area contributed by atoms with Crippen molar-refractivity contribution in [1.82, 2.24) is 0 Å². The molecule has 0 amide bonds. The SMILES string of the molecule is COc1ccc(Cc2ccc(N)cc2)s1. The van der Waals surface area contributed by atoms with Crippen molar-refractivity contribution in [3.63, 3.8) is 0 Å². The molecule has 0 radical (unpaired) electrons. The number of ether oxygens (including phenoxy) is 1. The van der Waals surface area contributed by atoms with E-state index in [-0.39, 0.29) is 0 Å². The van der Waals surface area contributed by atoms with Crippen LogP contribution in [0.1, 0.15) is 10.4 Å². The first kappa shape index (κ1) is 10.1. The summed E-state index contributed by atoms with van der Waals surface area (Å²) in [5, 5.41) is 0.959. The van der Waals surface area contributed by atoms with E-state index >= 15 is 0 Å². The van der Waals surface area contributed by atoms with E-state index in [1.54, 1.807) is 18.4 Å². The molecule has 15 heavy (non-hydrogen) atoms. The molecule has 2 aromatic rings. The van der Waals surface area contributed by atoms with E-state index in [1.807, 2.05) is 18.2 Å². The van der Waals surface area contributed by atoms with Crippen LogP contribution in [0.15, 0.2) is 36.4 Å². The molecule has 0 spiro atoms. The molecule has 2 nitrogen and oxygen atoms in total. The van der Waals surface area contributed by atoms with E-state index in [4.69, 9.17) is 10.5 Å². The van der Waals surface area contributed by atoms with E-state index in [9.17, 15) is 0 Å². The Kier molecular flexibility index (Phi) is 2.92. The lowest BCUT2D eigenvalue weighted by Gasteiger charge is -1.99. The molecule has 0 saturated carbocycles. The highest BCUT2D eigenvalue weighted by Crippen LogP contribution is 2.26. The van der Waals surface area contributed by atoms with Crippen molar-refractivity contribution >= 4 is 17.0 Å². The van der Waals surface area contributed by atoms with Crippen LogP contribution >= 0.6 is 11.3 Å². The van der Waals surface area contributed by atoms with Crippen LogP contribution in [-0.4, -0.2) is 7.11 Å². The van der Waals surface area contributed by atoms with Gasteiger partial charge >= 0.3 is 0 Å². The minimum Gasteiger partial charge on any atom is -0.487 e. The zero-order chi connectivity index (χ0) is 10.7. The topological polar surface area (TPSA) is 35.2 Å². The molecule has 78 valence electrons. The Hall–Kier alpha value is -1.48. The van der Waals surface area contributed by atoms with Crippen LogP contribution in [0.3, 0.4) is 0 Å². The van der Waals surface area contributed by atoms with Crippen LogP contribution < -0.4 is 10.5 Å². The van der Waals surface area contributed by atoms with Gasteiger partial charge in [-0.2, -0.15) is 0 Å². The minimum absolute atomic E-state index is 0.808. The van der Waals surface area contributed by atoms with Gasteiger partial charge in [-0.1, -0.05) is 12.1 Å². The Bertz CT molecular complexity index is 433. The molecule has 1 heterocycles. The van der Waals surface area contributed by atoms with Gasteiger partial charge in [-0.05, 0) is 29.8 Å². The fourth-order valence-corrected chi connectivity index (χ4v) is 2.25. The van der Waals surface area contributed by atoms with Gasteiger partial charge in [0.15, 0.2) is 5.06 Å². The number of thiophene rings is 1. The van der Waals surface area contributed by atoms with Crippen molar-refractivity contribution in [2.45, 2.75) is 6.42 Å². The molecule has 1 aromatic heterocycles. The fraction of sp³-hybridized carbons (Fsp3) is 0.167. The third-order valence-corrected chi connectivity index (χ3v) is 3.24. The van der Waals surface area contributed by atoms with E-state index in [0.29, 0.717) is 0 Å². The predicted octanol–water partition coefficient (Wildman–Crippen LogP) is 2.93. The van der Waals surface area contributed by atoms with Gasteiger partial charge in [0.2, 0.25) is 0 Å². The molecular weight excluding hydrogens is 206 g/mol. The molecule has 0 saturated heterocycles. The van der Waals surface area contributed by atoms with Crippen LogP contribution in [0, 0.1) is 0 Å². The zero-order valence-electron chi connectivity index (χ0n) is 8.57. The van der Waals surface area contributed by atoms with Gasteiger partial charge < -0.3 is 10.5 Å². The molecule has 0 unspecified atom stereocenters. The number of methoxy groups -OCH3 is 1. The number of anilines is 1. The maximum absolute atomic E-state index is 5.63.